The number of hydrogen-bond donors (Lipinski definition) is 1. The van der Waals surface area contributed by atoms with Gasteiger partial charge in [-0.1, -0.05) is 22.0 Å². The molecule has 0 aliphatic carbocycles. The molecule has 0 aliphatic rings. The second-order valence-corrected chi connectivity index (χ2v) is 5.30. The Morgan fingerprint density at radius 3 is 2.70 bits per heavy atom. The molecular weight excluding hydrogens is 330 g/mol. The molecule has 2 atom stereocenters. The monoisotopic (exact) mass is 342 g/mol. The van der Waals surface area contributed by atoms with Gasteiger partial charge in [-0.2, -0.15) is 4.39 Å². The Labute approximate surface area is 123 Å². The van der Waals surface area contributed by atoms with Crippen LogP contribution < -0.4 is 10.5 Å². The van der Waals surface area contributed by atoms with E-state index in [1.807, 2.05) is 0 Å². The molecule has 0 radical (unpaired) electrons. The summed E-state index contributed by atoms with van der Waals surface area (Å²) >= 11 is 3.10. The molecule has 2 unspecified atom stereocenters. The summed E-state index contributed by atoms with van der Waals surface area (Å²) in [6, 6.07) is 5.48. The summed E-state index contributed by atoms with van der Waals surface area (Å²) in [7, 11) is 0. The largest absolute Gasteiger partial charge is 0.481 e. The Morgan fingerprint density at radius 2 is 2.10 bits per heavy atom. The van der Waals surface area contributed by atoms with Crippen molar-refractivity contribution in [3.05, 3.63) is 58.3 Å². The summed E-state index contributed by atoms with van der Waals surface area (Å²) in [4.78, 5) is 3.97. The number of ether oxygens (including phenoxy) is 1. The van der Waals surface area contributed by atoms with Crippen molar-refractivity contribution < 1.29 is 13.5 Å². The maximum absolute atomic E-state index is 13.7. The third kappa shape index (κ3) is 3.32. The lowest BCUT2D eigenvalue weighted by atomic mass is 10.1. The molecule has 0 bridgehead atoms. The van der Waals surface area contributed by atoms with Crippen molar-refractivity contribution in [3.8, 4) is 5.75 Å². The SMILES string of the molecule is CC(N)C(Oc1cc(Br)cc(F)c1F)c1cccnc1. The van der Waals surface area contributed by atoms with E-state index in [4.69, 9.17) is 10.5 Å². The molecule has 1 heterocycles. The molecular formula is C14H13BrF2N2O. The van der Waals surface area contributed by atoms with E-state index in [2.05, 4.69) is 20.9 Å². The van der Waals surface area contributed by atoms with Crippen LogP contribution >= 0.6 is 15.9 Å². The summed E-state index contributed by atoms with van der Waals surface area (Å²) in [5.41, 5.74) is 6.56. The quantitative estimate of drug-likeness (QED) is 0.863. The van der Waals surface area contributed by atoms with Gasteiger partial charge in [-0.25, -0.2) is 4.39 Å². The average Bonchev–Trinajstić information content (AvgIpc) is 2.41. The van der Waals surface area contributed by atoms with E-state index in [1.54, 1.807) is 31.5 Å². The molecule has 2 N–H and O–H groups in total. The fourth-order valence-electron chi connectivity index (χ4n) is 1.78. The van der Waals surface area contributed by atoms with Crippen molar-refractivity contribution in [2.45, 2.75) is 19.1 Å². The summed E-state index contributed by atoms with van der Waals surface area (Å²) in [6.07, 6.45) is 2.58. The number of aromatic nitrogens is 1. The molecule has 0 saturated carbocycles. The molecule has 106 valence electrons. The van der Waals surface area contributed by atoms with Crippen molar-refractivity contribution >= 4 is 15.9 Å². The van der Waals surface area contributed by atoms with Crippen LogP contribution in [0.25, 0.3) is 0 Å². The molecule has 6 heteroatoms. The van der Waals surface area contributed by atoms with Crippen LogP contribution in [0.1, 0.15) is 18.6 Å². The van der Waals surface area contributed by atoms with Crippen molar-refractivity contribution in [2.75, 3.05) is 0 Å². The second kappa shape index (κ2) is 6.28. The van der Waals surface area contributed by atoms with Crippen molar-refractivity contribution in [1.82, 2.24) is 4.98 Å². The maximum atomic E-state index is 13.7. The predicted octanol–water partition coefficient (Wildman–Crippen LogP) is 3.59. The molecule has 3 nitrogen and oxygen atoms in total. The number of nitrogens with zero attached hydrogens (tertiary/aromatic N) is 1. The number of nitrogens with two attached hydrogens (primary N) is 1. The third-order valence-electron chi connectivity index (χ3n) is 2.70. The van der Waals surface area contributed by atoms with Gasteiger partial charge in [0.2, 0.25) is 5.82 Å². The molecule has 1 aromatic carbocycles. The third-order valence-corrected chi connectivity index (χ3v) is 3.16. The van der Waals surface area contributed by atoms with Gasteiger partial charge in [0.25, 0.3) is 0 Å². The Balaban J connectivity index is 2.35. The molecule has 1 aromatic heterocycles. The minimum absolute atomic E-state index is 0.192. The summed E-state index contributed by atoms with van der Waals surface area (Å²) in [5.74, 6) is -2.21. The maximum Gasteiger partial charge on any atom is 0.200 e. The molecule has 0 aliphatic heterocycles. The first kappa shape index (κ1) is 14.9. The number of halogens is 3. The van der Waals surface area contributed by atoms with Crippen LogP contribution in [-0.4, -0.2) is 11.0 Å². The van der Waals surface area contributed by atoms with Crippen molar-refractivity contribution in [2.24, 2.45) is 5.73 Å². The fourth-order valence-corrected chi connectivity index (χ4v) is 2.19. The lowest BCUT2D eigenvalue weighted by Crippen LogP contribution is -2.29. The van der Waals surface area contributed by atoms with Gasteiger partial charge in [0, 0.05) is 28.5 Å². The van der Waals surface area contributed by atoms with E-state index in [0.717, 1.165) is 6.07 Å². The van der Waals surface area contributed by atoms with Gasteiger partial charge in [-0.15, -0.1) is 0 Å². The number of hydrogen-bond acceptors (Lipinski definition) is 3. The van der Waals surface area contributed by atoms with Gasteiger partial charge >= 0.3 is 0 Å². The van der Waals surface area contributed by atoms with E-state index >= 15 is 0 Å². The predicted molar refractivity (Wildman–Crippen MR) is 75.3 cm³/mol. The smallest absolute Gasteiger partial charge is 0.200 e. The van der Waals surface area contributed by atoms with Gasteiger partial charge in [-0.05, 0) is 25.1 Å². The lowest BCUT2D eigenvalue weighted by Gasteiger charge is -2.23. The average molecular weight is 343 g/mol. The highest BCUT2D eigenvalue weighted by Crippen LogP contribution is 2.30. The molecule has 20 heavy (non-hydrogen) atoms. The van der Waals surface area contributed by atoms with E-state index in [1.165, 1.54) is 6.07 Å². The summed E-state index contributed by atoms with van der Waals surface area (Å²) < 4.78 is 33.0. The van der Waals surface area contributed by atoms with Crippen LogP contribution in [0.3, 0.4) is 0 Å². The minimum atomic E-state index is -1.04. The Bertz CT molecular complexity index is 593. The Kier molecular flexibility index (Phi) is 4.67. The van der Waals surface area contributed by atoms with Crippen LogP contribution in [0.4, 0.5) is 8.78 Å². The number of benzene rings is 1. The first-order chi connectivity index (χ1) is 9.49. The molecule has 0 fully saturated rings. The topological polar surface area (TPSA) is 48.1 Å². The van der Waals surface area contributed by atoms with Gasteiger partial charge in [0.05, 0.1) is 0 Å². The molecule has 2 aromatic rings. The summed E-state index contributed by atoms with van der Waals surface area (Å²) in [5, 5.41) is 0. The minimum Gasteiger partial charge on any atom is -0.481 e. The highest BCUT2D eigenvalue weighted by molar-refractivity contribution is 9.10. The first-order valence-electron chi connectivity index (χ1n) is 5.95. The van der Waals surface area contributed by atoms with Crippen LogP contribution in [0.2, 0.25) is 0 Å². The van der Waals surface area contributed by atoms with E-state index in [9.17, 15) is 8.78 Å². The van der Waals surface area contributed by atoms with E-state index < -0.39 is 23.8 Å². The van der Waals surface area contributed by atoms with E-state index in [0.29, 0.717) is 10.0 Å². The zero-order chi connectivity index (χ0) is 14.7. The fraction of sp³-hybridized carbons (Fsp3) is 0.214. The normalized spacial score (nSPS) is 13.8. The van der Waals surface area contributed by atoms with E-state index in [-0.39, 0.29) is 5.75 Å². The van der Waals surface area contributed by atoms with Gasteiger partial charge in [0.1, 0.15) is 6.10 Å². The van der Waals surface area contributed by atoms with Crippen LogP contribution in [0.5, 0.6) is 5.75 Å². The van der Waals surface area contributed by atoms with Gasteiger partial charge in [-0.3, -0.25) is 4.98 Å². The van der Waals surface area contributed by atoms with Crippen LogP contribution in [-0.2, 0) is 0 Å². The highest BCUT2D eigenvalue weighted by Gasteiger charge is 2.21. The Hall–Kier alpha value is -1.53. The second-order valence-electron chi connectivity index (χ2n) is 4.38. The summed E-state index contributed by atoms with van der Waals surface area (Å²) in [6.45, 7) is 1.73. The zero-order valence-corrected chi connectivity index (χ0v) is 12.3. The van der Waals surface area contributed by atoms with Crippen molar-refractivity contribution in [3.63, 3.8) is 0 Å². The van der Waals surface area contributed by atoms with Crippen LogP contribution in [0, 0.1) is 11.6 Å². The van der Waals surface area contributed by atoms with Crippen LogP contribution in [0.15, 0.2) is 41.1 Å². The first-order valence-corrected chi connectivity index (χ1v) is 6.75. The zero-order valence-electron chi connectivity index (χ0n) is 10.7. The number of pyridine rings is 1. The Morgan fingerprint density at radius 1 is 1.35 bits per heavy atom. The van der Waals surface area contributed by atoms with Gasteiger partial charge in [0.15, 0.2) is 11.6 Å². The lowest BCUT2D eigenvalue weighted by molar-refractivity contribution is 0.170. The number of rotatable bonds is 4. The van der Waals surface area contributed by atoms with Gasteiger partial charge < -0.3 is 10.5 Å². The van der Waals surface area contributed by atoms with Crippen molar-refractivity contribution in [1.29, 1.82) is 0 Å². The molecule has 0 saturated heterocycles. The molecule has 2 rings (SSSR count). The highest BCUT2D eigenvalue weighted by atomic mass is 79.9. The molecule has 0 spiro atoms. The standard InChI is InChI=1S/C14H13BrF2N2O/c1-8(18)14(9-3-2-4-19-7-9)20-12-6-10(15)5-11(16)13(12)17/h2-8,14H,18H2,1H3. The molecule has 0 amide bonds.